The van der Waals surface area contributed by atoms with Gasteiger partial charge in [-0.05, 0) is 19.4 Å². The van der Waals surface area contributed by atoms with Crippen molar-refractivity contribution in [1.29, 1.82) is 0 Å². The molecule has 0 radical (unpaired) electrons. The lowest BCUT2D eigenvalue weighted by atomic mass is 10.2. The van der Waals surface area contributed by atoms with E-state index in [4.69, 9.17) is 5.73 Å². The van der Waals surface area contributed by atoms with Crippen molar-refractivity contribution in [3.05, 3.63) is 0 Å². The summed E-state index contributed by atoms with van der Waals surface area (Å²) in [6.07, 6.45) is -0.892. The molecule has 8 heavy (non-hydrogen) atoms. The third kappa shape index (κ3) is 5.82. The van der Waals surface area contributed by atoms with Gasteiger partial charge in [0.1, 0.15) is 0 Å². The molecule has 0 saturated carbocycles. The monoisotopic (exact) mass is 123 g/mol. The molecule has 0 bridgehead atoms. The van der Waals surface area contributed by atoms with Crippen LogP contribution in [0.2, 0.25) is 0 Å². The van der Waals surface area contributed by atoms with E-state index in [0.29, 0.717) is 19.4 Å². The molecule has 0 aromatic heterocycles. The van der Waals surface area contributed by atoms with Crippen LogP contribution in [0.15, 0.2) is 0 Å². The number of hydrogen-bond donors (Lipinski definition) is 1. The molecule has 0 spiro atoms. The first kappa shape index (κ1) is 7.82. The van der Waals surface area contributed by atoms with E-state index < -0.39 is 6.43 Å². The maximum Gasteiger partial charge on any atom is 0.238 e. The fourth-order valence-corrected chi connectivity index (χ4v) is 0.443. The zero-order valence-corrected chi connectivity index (χ0v) is 4.74. The second-order valence-electron chi connectivity index (χ2n) is 1.68. The molecule has 0 fully saturated rings. The fourth-order valence-electron chi connectivity index (χ4n) is 0.443. The highest BCUT2D eigenvalue weighted by Crippen LogP contribution is 2.03. The van der Waals surface area contributed by atoms with Gasteiger partial charge in [-0.2, -0.15) is 0 Å². The second kappa shape index (κ2) is 4.97. The van der Waals surface area contributed by atoms with E-state index in [9.17, 15) is 8.78 Å². The lowest BCUT2D eigenvalue weighted by molar-refractivity contribution is 0.134. The minimum Gasteiger partial charge on any atom is -0.330 e. The van der Waals surface area contributed by atoms with E-state index in [0.717, 1.165) is 0 Å². The lowest BCUT2D eigenvalue weighted by Gasteiger charge is -1.94. The number of halogens is 2. The van der Waals surface area contributed by atoms with Gasteiger partial charge in [-0.1, -0.05) is 0 Å². The van der Waals surface area contributed by atoms with Crippen molar-refractivity contribution in [3.63, 3.8) is 0 Å². The third-order valence-electron chi connectivity index (χ3n) is 0.876. The van der Waals surface area contributed by atoms with Crippen LogP contribution in [0.3, 0.4) is 0 Å². The zero-order chi connectivity index (χ0) is 6.41. The van der Waals surface area contributed by atoms with Crippen molar-refractivity contribution in [2.24, 2.45) is 5.73 Å². The summed E-state index contributed by atoms with van der Waals surface area (Å²) in [4.78, 5) is 0. The molecular weight excluding hydrogens is 112 g/mol. The molecule has 0 aromatic rings. The van der Waals surface area contributed by atoms with Crippen molar-refractivity contribution in [2.45, 2.75) is 25.7 Å². The third-order valence-corrected chi connectivity index (χ3v) is 0.876. The first-order chi connectivity index (χ1) is 3.77. The van der Waals surface area contributed by atoms with Gasteiger partial charge < -0.3 is 5.73 Å². The highest BCUT2D eigenvalue weighted by molar-refractivity contribution is 4.43. The van der Waals surface area contributed by atoms with Gasteiger partial charge in [0.15, 0.2) is 0 Å². The quantitative estimate of drug-likeness (QED) is 0.561. The maximum atomic E-state index is 11.3. The molecule has 0 aliphatic carbocycles. The molecule has 0 rings (SSSR count). The molecule has 50 valence electrons. The van der Waals surface area contributed by atoms with Gasteiger partial charge in [0.2, 0.25) is 6.43 Å². The van der Waals surface area contributed by atoms with Crippen molar-refractivity contribution < 1.29 is 8.78 Å². The molecule has 0 atom stereocenters. The van der Waals surface area contributed by atoms with Crippen LogP contribution in [0.1, 0.15) is 19.3 Å². The molecule has 0 heterocycles. The fraction of sp³-hybridized carbons (Fsp3) is 1.00. The Morgan fingerprint density at radius 3 is 2.25 bits per heavy atom. The number of hydrogen-bond acceptors (Lipinski definition) is 1. The minimum absolute atomic E-state index is 0.00278. The van der Waals surface area contributed by atoms with Gasteiger partial charge in [-0.3, -0.25) is 0 Å². The Labute approximate surface area is 47.9 Å². The Morgan fingerprint density at radius 1 is 1.25 bits per heavy atom. The summed E-state index contributed by atoms with van der Waals surface area (Å²) in [6, 6.07) is 0. The summed E-state index contributed by atoms with van der Waals surface area (Å²) >= 11 is 0. The summed E-state index contributed by atoms with van der Waals surface area (Å²) in [5, 5.41) is 0. The summed E-state index contributed by atoms with van der Waals surface area (Å²) in [6.45, 7) is 0.521. The first-order valence-electron chi connectivity index (χ1n) is 2.75. The molecule has 0 aliphatic rings. The first-order valence-corrected chi connectivity index (χ1v) is 2.75. The molecule has 2 N–H and O–H groups in total. The molecule has 0 saturated heterocycles. The van der Waals surface area contributed by atoms with Crippen LogP contribution in [0.5, 0.6) is 0 Å². The maximum absolute atomic E-state index is 11.3. The number of unbranched alkanes of at least 4 members (excludes halogenated alkanes) is 1. The normalized spacial score (nSPS) is 10.5. The van der Waals surface area contributed by atoms with Crippen LogP contribution in [0, 0.1) is 0 Å². The van der Waals surface area contributed by atoms with E-state index in [1.807, 2.05) is 0 Å². The Morgan fingerprint density at radius 2 is 1.88 bits per heavy atom. The highest BCUT2D eigenvalue weighted by Gasteiger charge is 1.98. The predicted octanol–water partition coefficient (Wildman–Crippen LogP) is 1.38. The summed E-state index contributed by atoms with van der Waals surface area (Å²) in [5.41, 5.74) is 5.07. The Bertz CT molecular complexity index is 47.7. The highest BCUT2D eigenvalue weighted by atomic mass is 19.3. The molecular formula is C5H11F2N. The number of rotatable bonds is 4. The second-order valence-corrected chi connectivity index (χ2v) is 1.68. The lowest BCUT2D eigenvalue weighted by Crippen LogP contribution is -1.99. The van der Waals surface area contributed by atoms with Gasteiger partial charge in [-0.25, -0.2) is 8.78 Å². The zero-order valence-electron chi connectivity index (χ0n) is 4.74. The van der Waals surface area contributed by atoms with Crippen LogP contribution in [-0.2, 0) is 0 Å². The average Bonchev–Trinajstić information content (AvgIpc) is 1.66. The van der Waals surface area contributed by atoms with E-state index in [2.05, 4.69) is 0 Å². The molecule has 0 aliphatic heterocycles. The molecule has 0 amide bonds. The van der Waals surface area contributed by atoms with Gasteiger partial charge in [0.05, 0.1) is 0 Å². The Hall–Kier alpha value is -0.180. The van der Waals surface area contributed by atoms with Gasteiger partial charge in [-0.15, -0.1) is 0 Å². The Kier molecular flexibility index (Phi) is 4.85. The largest absolute Gasteiger partial charge is 0.330 e. The van der Waals surface area contributed by atoms with Crippen molar-refractivity contribution >= 4 is 0 Å². The SMILES string of the molecule is NCCCCC(F)F. The van der Waals surface area contributed by atoms with Crippen LogP contribution < -0.4 is 5.73 Å². The van der Waals surface area contributed by atoms with Crippen LogP contribution >= 0.6 is 0 Å². The van der Waals surface area contributed by atoms with Crippen molar-refractivity contribution in [3.8, 4) is 0 Å². The molecule has 0 aromatic carbocycles. The van der Waals surface area contributed by atoms with Crippen molar-refractivity contribution in [1.82, 2.24) is 0 Å². The molecule has 0 unspecified atom stereocenters. The predicted molar refractivity (Wildman–Crippen MR) is 28.9 cm³/mol. The van der Waals surface area contributed by atoms with E-state index in [1.54, 1.807) is 0 Å². The number of alkyl halides is 2. The van der Waals surface area contributed by atoms with Gasteiger partial charge >= 0.3 is 0 Å². The van der Waals surface area contributed by atoms with Crippen LogP contribution in [0.4, 0.5) is 8.78 Å². The summed E-state index contributed by atoms with van der Waals surface area (Å²) in [7, 11) is 0. The van der Waals surface area contributed by atoms with E-state index in [1.165, 1.54) is 0 Å². The minimum atomic E-state index is -2.15. The standard InChI is InChI=1S/C5H11F2N/c6-5(7)3-1-2-4-8/h5H,1-4,8H2. The van der Waals surface area contributed by atoms with E-state index in [-0.39, 0.29) is 6.42 Å². The van der Waals surface area contributed by atoms with Crippen molar-refractivity contribution in [2.75, 3.05) is 6.54 Å². The van der Waals surface area contributed by atoms with Gasteiger partial charge in [0.25, 0.3) is 0 Å². The smallest absolute Gasteiger partial charge is 0.238 e. The number of nitrogens with two attached hydrogens (primary N) is 1. The van der Waals surface area contributed by atoms with Crippen LogP contribution in [0.25, 0.3) is 0 Å². The summed E-state index contributed by atoms with van der Waals surface area (Å²) < 4.78 is 22.6. The average molecular weight is 123 g/mol. The van der Waals surface area contributed by atoms with Crippen LogP contribution in [-0.4, -0.2) is 13.0 Å². The molecule has 1 nitrogen and oxygen atoms in total. The Balaban J connectivity index is 2.72. The molecule has 3 heteroatoms. The van der Waals surface area contributed by atoms with E-state index >= 15 is 0 Å². The topological polar surface area (TPSA) is 26.0 Å². The van der Waals surface area contributed by atoms with Gasteiger partial charge in [0, 0.05) is 6.42 Å². The summed E-state index contributed by atoms with van der Waals surface area (Å²) in [5.74, 6) is 0.